The molecule has 2 aromatic carbocycles. The van der Waals surface area contributed by atoms with Crippen LogP contribution in [-0.4, -0.2) is 18.0 Å². The van der Waals surface area contributed by atoms with Gasteiger partial charge in [0.1, 0.15) is 5.75 Å². The molecular formula is C19H16N2O2. The summed E-state index contributed by atoms with van der Waals surface area (Å²) in [5.41, 5.74) is 2.33. The highest BCUT2D eigenvalue weighted by molar-refractivity contribution is 6.06. The van der Waals surface area contributed by atoms with Crippen molar-refractivity contribution in [3.8, 4) is 5.75 Å². The first kappa shape index (κ1) is 14.8. The van der Waals surface area contributed by atoms with Crippen molar-refractivity contribution < 1.29 is 9.53 Å². The van der Waals surface area contributed by atoms with Crippen LogP contribution in [0.3, 0.4) is 0 Å². The number of pyridine rings is 1. The van der Waals surface area contributed by atoms with Gasteiger partial charge in [0.25, 0.3) is 0 Å². The second-order valence-corrected chi connectivity index (χ2v) is 4.98. The van der Waals surface area contributed by atoms with Crippen LogP contribution < -0.4 is 10.1 Å². The van der Waals surface area contributed by atoms with Gasteiger partial charge in [0.05, 0.1) is 18.3 Å². The van der Waals surface area contributed by atoms with Crippen molar-refractivity contribution in [2.24, 2.45) is 0 Å². The molecule has 0 spiro atoms. The molecule has 0 saturated heterocycles. The number of carbonyl (C=O) groups excluding carboxylic acids is 1. The van der Waals surface area contributed by atoms with Gasteiger partial charge in [-0.25, -0.2) is 0 Å². The predicted molar refractivity (Wildman–Crippen MR) is 92.4 cm³/mol. The highest BCUT2D eigenvalue weighted by Gasteiger charge is 2.07. The number of anilines is 1. The number of aromatic nitrogens is 1. The smallest absolute Gasteiger partial charge is 0.248 e. The molecule has 0 saturated carbocycles. The number of nitrogens with zero attached hydrogens (tertiary/aromatic N) is 1. The summed E-state index contributed by atoms with van der Waals surface area (Å²) in [6, 6.07) is 17.1. The van der Waals surface area contributed by atoms with Crippen LogP contribution in [0.1, 0.15) is 5.56 Å². The average Bonchev–Trinajstić information content (AvgIpc) is 2.60. The first-order valence-electron chi connectivity index (χ1n) is 7.23. The molecule has 0 atom stereocenters. The molecule has 0 unspecified atom stereocenters. The minimum absolute atomic E-state index is 0.214. The van der Waals surface area contributed by atoms with E-state index in [0.29, 0.717) is 11.4 Å². The molecule has 0 fully saturated rings. The fourth-order valence-corrected chi connectivity index (χ4v) is 2.29. The molecule has 3 rings (SSSR count). The maximum Gasteiger partial charge on any atom is 0.248 e. The van der Waals surface area contributed by atoms with Crippen LogP contribution in [0, 0.1) is 0 Å². The number of amides is 1. The molecule has 4 nitrogen and oxygen atoms in total. The molecule has 23 heavy (non-hydrogen) atoms. The number of ether oxygens (including phenoxy) is 1. The van der Waals surface area contributed by atoms with E-state index in [9.17, 15) is 4.79 Å². The summed E-state index contributed by atoms with van der Waals surface area (Å²) >= 11 is 0. The molecule has 0 radical (unpaired) electrons. The normalized spacial score (nSPS) is 10.8. The minimum atomic E-state index is -0.214. The van der Waals surface area contributed by atoms with Crippen molar-refractivity contribution in [2.45, 2.75) is 0 Å². The Morgan fingerprint density at radius 3 is 2.74 bits per heavy atom. The van der Waals surface area contributed by atoms with Crippen LogP contribution >= 0.6 is 0 Å². The Hall–Kier alpha value is -3.14. The van der Waals surface area contributed by atoms with E-state index in [1.54, 1.807) is 25.4 Å². The molecule has 3 aromatic rings. The van der Waals surface area contributed by atoms with Gasteiger partial charge in [-0.1, -0.05) is 36.4 Å². The Morgan fingerprint density at radius 2 is 1.96 bits per heavy atom. The Labute approximate surface area is 134 Å². The lowest BCUT2D eigenvalue weighted by molar-refractivity contribution is -0.111. The first-order valence-corrected chi connectivity index (χ1v) is 7.23. The number of hydrogen-bond acceptors (Lipinski definition) is 3. The molecule has 1 heterocycles. The zero-order valence-corrected chi connectivity index (χ0v) is 12.7. The van der Waals surface area contributed by atoms with E-state index >= 15 is 0 Å². The van der Waals surface area contributed by atoms with Crippen molar-refractivity contribution in [3.05, 3.63) is 72.4 Å². The molecule has 1 amide bonds. The number of hydrogen-bond donors (Lipinski definition) is 1. The van der Waals surface area contributed by atoms with Crippen molar-refractivity contribution in [3.63, 3.8) is 0 Å². The number of fused-ring (bicyclic) bond motifs is 1. The summed E-state index contributed by atoms with van der Waals surface area (Å²) in [5.74, 6) is 0.460. The van der Waals surface area contributed by atoms with Gasteiger partial charge in [-0.2, -0.15) is 0 Å². The topological polar surface area (TPSA) is 51.2 Å². The van der Waals surface area contributed by atoms with Gasteiger partial charge in [0, 0.05) is 23.7 Å². The molecular weight excluding hydrogens is 288 g/mol. The second kappa shape index (κ2) is 6.75. The molecule has 0 bridgehead atoms. The highest BCUT2D eigenvalue weighted by Crippen LogP contribution is 2.27. The third-order valence-corrected chi connectivity index (χ3v) is 3.40. The minimum Gasteiger partial charge on any atom is -0.497 e. The van der Waals surface area contributed by atoms with Crippen molar-refractivity contribution >= 4 is 28.6 Å². The average molecular weight is 304 g/mol. The fraction of sp³-hybridized carbons (Fsp3) is 0.0526. The number of nitrogens with one attached hydrogen (secondary N) is 1. The molecule has 0 aliphatic heterocycles. The van der Waals surface area contributed by atoms with Gasteiger partial charge >= 0.3 is 0 Å². The lowest BCUT2D eigenvalue weighted by Gasteiger charge is -2.09. The Kier molecular flexibility index (Phi) is 4.34. The van der Waals surface area contributed by atoms with E-state index in [1.165, 1.54) is 6.08 Å². The summed E-state index contributed by atoms with van der Waals surface area (Å²) in [7, 11) is 1.60. The molecule has 114 valence electrons. The first-order chi connectivity index (χ1) is 11.3. The third kappa shape index (κ3) is 3.55. The Balaban J connectivity index is 1.86. The van der Waals surface area contributed by atoms with Crippen molar-refractivity contribution in [2.75, 3.05) is 12.4 Å². The number of benzene rings is 2. The van der Waals surface area contributed by atoms with E-state index < -0.39 is 0 Å². The van der Waals surface area contributed by atoms with Gasteiger partial charge in [-0.15, -0.1) is 0 Å². The number of methoxy groups -OCH3 is 1. The lowest BCUT2D eigenvalue weighted by Crippen LogP contribution is -2.08. The summed E-state index contributed by atoms with van der Waals surface area (Å²) in [6.45, 7) is 0. The third-order valence-electron chi connectivity index (χ3n) is 3.40. The van der Waals surface area contributed by atoms with Gasteiger partial charge in [-0.05, 0) is 23.8 Å². The Bertz CT molecular complexity index is 858. The maximum atomic E-state index is 12.2. The van der Waals surface area contributed by atoms with E-state index in [-0.39, 0.29) is 5.91 Å². The molecule has 0 aliphatic rings. The molecule has 0 aliphatic carbocycles. The SMILES string of the molecule is COc1cc(NC(=O)/C=C/c2ccccc2)c2ncccc2c1. The fourth-order valence-electron chi connectivity index (χ4n) is 2.29. The summed E-state index contributed by atoms with van der Waals surface area (Å²) < 4.78 is 5.28. The number of rotatable bonds is 4. The Morgan fingerprint density at radius 1 is 1.13 bits per heavy atom. The van der Waals surface area contributed by atoms with Crippen LogP contribution in [0.15, 0.2) is 66.9 Å². The van der Waals surface area contributed by atoms with Crippen LogP contribution in [0.4, 0.5) is 5.69 Å². The van der Waals surface area contributed by atoms with Gasteiger partial charge in [-0.3, -0.25) is 9.78 Å². The van der Waals surface area contributed by atoms with Crippen LogP contribution in [0.25, 0.3) is 17.0 Å². The molecule has 1 N–H and O–H groups in total. The van der Waals surface area contributed by atoms with E-state index in [4.69, 9.17) is 4.74 Å². The van der Waals surface area contributed by atoms with Gasteiger partial charge < -0.3 is 10.1 Å². The molecule has 1 aromatic heterocycles. The highest BCUT2D eigenvalue weighted by atomic mass is 16.5. The van der Waals surface area contributed by atoms with Crippen LogP contribution in [-0.2, 0) is 4.79 Å². The van der Waals surface area contributed by atoms with Crippen molar-refractivity contribution in [1.29, 1.82) is 0 Å². The van der Waals surface area contributed by atoms with Crippen LogP contribution in [0.2, 0.25) is 0 Å². The van der Waals surface area contributed by atoms with Gasteiger partial charge in [0.2, 0.25) is 5.91 Å². The summed E-state index contributed by atoms with van der Waals surface area (Å²) in [6.07, 6.45) is 4.97. The number of carbonyl (C=O) groups is 1. The van der Waals surface area contributed by atoms with Crippen molar-refractivity contribution in [1.82, 2.24) is 4.98 Å². The predicted octanol–water partition coefficient (Wildman–Crippen LogP) is 3.90. The maximum absolute atomic E-state index is 12.2. The standard InChI is InChI=1S/C19H16N2O2/c1-23-16-12-15-8-5-11-20-19(15)17(13-16)21-18(22)10-9-14-6-3-2-4-7-14/h2-13H,1H3,(H,21,22)/b10-9+. The van der Waals surface area contributed by atoms with Crippen LogP contribution in [0.5, 0.6) is 5.75 Å². The van der Waals surface area contributed by atoms with E-state index in [2.05, 4.69) is 10.3 Å². The lowest BCUT2D eigenvalue weighted by atomic mass is 10.1. The quantitative estimate of drug-likeness (QED) is 0.744. The van der Waals surface area contributed by atoms with E-state index in [1.807, 2.05) is 48.5 Å². The summed E-state index contributed by atoms with van der Waals surface area (Å²) in [5, 5.41) is 3.77. The monoisotopic (exact) mass is 304 g/mol. The zero-order valence-electron chi connectivity index (χ0n) is 12.7. The largest absolute Gasteiger partial charge is 0.497 e. The van der Waals surface area contributed by atoms with Gasteiger partial charge in [0.15, 0.2) is 0 Å². The zero-order chi connectivity index (χ0) is 16.1. The van der Waals surface area contributed by atoms with E-state index in [0.717, 1.165) is 16.5 Å². The second-order valence-electron chi connectivity index (χ2n) is 4.98. The summed E-state index contributed by atoms with van der Waals surface area (Å²) in [4.78, 5) is 16.5. The molecule has 4 heteroatoms.